The van der Waals surface area contributed by atoms with Gasteiger partial charge in [-0.15, -0.1) is 0 Å². The van der Waals surface area contributed by atoms with E-state index in [1.165, 1.54) is 5.56 Å². The second kappa shape index (κ2) is 6.58. The van der Waals surface area contributed by atoms with Gasteiger partial charge in [-0.3, -0.25) is 0 Å². The average Bonchev–Trinajstić information content (AvgIpc) is 2.20. The van der Waals surface area contributed by atoms with Crippen molar-refractivity contribution in [1.29, 1.82) is 0 Å². The predicted molar refractivity (Wildman–Crippen MR) is 61.3 cm³/mol. The summed E-state index contributed by atoms with van der Waals surface area (Å²) in [6.07, 6.45) is 1.03. The maximum atomic E-state index is 5.62. The molecule has 0 aliphatic heterocycles. The highest BCUT2D eigenvalue weighted by atomic mass is 15.0. The number of nitrogens with zero attached hydrogens (tertiary/aromatic N) is 1. The van der Waals surface area contributed by atoms with E-state index < -0.39 is 0 Å². The van der Waals surface area contributed by atoms with E-state index in [1.807, 2.05) is 39.1 Å². The van der Waals surface area contributed by atoms with Crippen molar-refractivity contribution in [3.8, 4) is 0 Å². The minimum absolute atomic E-state index is 1.03. The zero-order chi connectivity index (χ0) is 10.3. The molecule has 0 fully saturated rings. The molecule has 0 aromatic heterocycles. The molecule has 2 radical (unpaired) electrons. The molecule has 2 heteroatoms. The van der Waals surface area contributed by atoms with Crippen LogP contribution in [0, 0.1) is 0 Å². The van der Waals surface area contributed by atoms with Crippen LogP contribution in [0.2, 0.25) is 0 Å². The topological polar surface area (TPSA) is 3.24 Å². The molecular weight excluding hydrogens is 157 g/mol. The van der Waals surface area contributed by atoms with Gasteiger partial charge in [0.25, 0.3) is 0 Å². The van der Waals surface area contributed by atoms with Crippen molar-refractivity contribution in [3.63, 3.8) is 0 Å². The fraction of sp³-hybridized carbons (Fsp3) is 0.455. The van der Waals surface area contributed by atoms with Gasteiger partial charge in [-0.05, 0) is 25.1 Å². The molecular formula is C11H18BN. The molecule has 0 saturated heterocycles. The Morgan fingerprint density at radius 1 is 1.23 bits per heavy atom. The Bertz CT molecular complexity index is 233. The van der Waals surface area contributed by atoms with Gasteiger partial charge in [-0.1, -0.05) is 39.0 Å². The lowest BCUT2D eigenvalue weighted by molar-refractivity contribution is 1.12. The summed E-state index contributed by atoms with van der Waals surface area (Å²) < 4.78 is 0. The van der Waals surface area contributed by atoms with Crippen molar-refractivity contribution >= 4 is 13.7 Å². The van der Waals surface area contributed by atoms with E-state index in [2.05, 4.69) is 13.0 Å². The zero-order valence-corrected chi connectivity index (χ0v) is 9.04. The molecule has 1 aromatic rings. The molecule has 0 atom stereocenters. The van der Waals surface area contributed by atoms with E-state index in [1.54, 1.807) is 4.81 Å². The molecule has 13 heavy (non-hydrogen) atoms. The van der Waals surface area contributed by atoms with E-state index in [0.717, 1.165) is 12.1 Å². The number of hydrogen-bond donors (Lipinski definition) is 0. The molecule has 0 saturated carbocycles. The Kier molecular flexibility index (Phi) is 6.12. The third-order valence-corrected chi connectivity index (χ3v) is 1.75. The molecule has 0 unspecified atom stereocenters. The fourth-order valence-corrected chi connectivity index (χ4v) is 1.15. The molecule has 1 aromatic carbocycles. The lowest BCUT2D eigenvalue weighted by atomic mass is 10.1. The van der Waals surface area contributed by atoms with Crippen LogP contribution in [0.25, 0.3) is 0 Å². The molecule has 0 aliphatic carbocycles. The van der Waals surface area contributed by atoms with Crippen molar-refractivity contribution in [2.24, 2.45) is 0 Å². The first-order valence-electron chi connectivity index (χ1n) is 4.82. The van der Waals surface area contributed by atoms with E-state index >= 15 is 0 Å². The van der Waals surface area contributed by atoms with Crippen LogP contribution in [0.3, 0.4) is 0 Å². The summed E-state index contributed by atoms with van der Waals surface area (Å²) >= 11 is 0. The van der Waals surface area contributed by atoms with Crippen LogP contribution < -0.4 is 4.81 Å². The average molecular weight is 175 g/mol. The van der Waals surface area contributed by atoms with Crippen molar-refractivity contribution in [2.45, 2.75) is 27.2 Å². The Hall–Kier alpha value is -0.915. The van der Waals surface area contributed by atoms with Gasteiger partial charge in [0.05, 0.1) is 0 Å². The molecule has 0 aliphatic rings. The minimum atomic E-state index is 1.03. The zero-order valence-electron chi connectivity index (χ0n) is 9.04. The molecule has 0 spiro atoms. The highest BCUT2D eigenvalue weighted by molar-refractivity contribution is 6.17. The molecule has 0 N–H and O–H groups in total. The number of aryl methyl sites for hydroxylation is 1. The highest BCUT2D eigenvalue weighted by Gasteiger charge is 1.98. The normalized spacial score (nSPS) is 8.62. The predicted octanol–water partition coefficient (Wildman–Crippen LogP) is 2.79. The second-order valence-electron chi connectivity index (χ2n) is 2.59. The Morgan fingerprint density at radius 2 is 1.77 bits per heavy atom. The van der Waals surface area contributed by atoms with Gasteiger partial charge in [0.1, 0.15) is 0 Å². The van der Waals surface area contributed by atoms with E-state index in [-0.39, 0.29) is 0 Å². The van der Waals surface area contributed by atoms with Gasteiger partial charge in [0, 0.05) is 5.69 Å². The third kappa shape index (κ3) is 3.54. The summed E-state index contributed by atoms with van der Waals surface area (Å²) in [5.41, 5.74) is 2.40. The van der Waals surface area contributed by atoms with Crippen LogP contribution in [-0.4, -0.2) is 15.0 Å². The van der Waals surface area contributed by atoms with Crippen LogP contribution in [-0.2, 0) is 6.42 Å². The number of benzene rings is 1. The van der Waals surface area contributed by atoms with Gasteiger partial charge in [-0.25, -0.2) is 0 Å². The quantitative estimate of drug-likeness (QED) is 0.624. The summed E-state index contributed by atoms with van der Waals surface area (Å²) in [6, 6.07) is 8.15. The standard InChI is InChI=1S/C9H12BN.C2H6/c1-3-8-6-4-5-7-9(8)11(2)10;1-2/h4-7H,3H2,1-2H3;1-2H3. The molecule has 70 valence electrons. The second-order valence-corrected chi connectivity index (χ2v) is 2.59. The summed E-state index contributed by atoms with van der Waals surface area (Å²) in [5.74, 6) is 0. The lowest BCUT2D eigenvalue weighted by Crippen LogP contribution is -2.12. The molecule has 0 heterocycles. The van der Waals surface area contributed by atoms with Gasteiger partial charge >= 0.3 is 0 Å². The highest BCUT2D eigenvalue weighted by Crippen LogP contribution is 2.17. The Labute approximate surface area is 83.2 Å². The van der Waals surface area contributed by atoms with Gasteiger partial charge < -0.3 is 4.81 Å². The number of hydrogen-bond acceptors (Lipinski definition) is 1. The Morgan fingerprint density at radius 3 is 2.15 bits per heavy atom. The largest absolute Gasteiger partial charge is 0.427 e. The molecule has 1 rings (SSSR count). The van der Waals surface area contributed by atoms with Crippen LogP contribution >= 0.6 is 0 Å². The number of rotatable bonds is 2. The maximum absolute atomic E-state index is 5.62. The maximum Gasteiger partial charge on any atom is 0.226 e. The SMILES string of the molecule is CC.[B]N(C)c1ccccc1CC. The van der Waals surface area contributed by atoms with Crippen molar-refractivity contribution in [2.75, 3.05) is 11.9 Å². The van der Waals surface area contributed by atoms with Crippen molar-refractivity contribution < 1.29 is 0 Å². The first kappa shape index (κ1) is 12.1. The van der Waals surface area contributed by atoms with Gasteiger partial charge in [0.2, 0.25) is 7.98 Å². The van der Waals surface area contributed by atoms with Gasteiger partial charge in [0.15, 0.2) is 0 Å². The minimum Gasteiger partial charge on any atom is -0.427 e. The third-order valence-electron chi connectivity index (χ3n) is 1.75. The van der Waals surface area contributed by atoms with E-state index in [9.17, 15) is 0 Å². The molecule has 1 nitrogen and oxygen atoms in total. The van der Waals surface area contributed by atoms with Crippen molar-refractivity contribution in [3.05, 3.63) is 29.8 Å². The molecule has 0 bridgehead atoms. The smallest absolute Gasteiger partial charge is 0.226 e. The van der Waals surface area contributed by atoms with E-state index in [0.29, 0.717) is 0 Å². The fourth-order valence-electron chi connectivity index (χ4n) is 1.15. The lowest BCUT2D eigenvalue weighted by Gasteiger charge is -2.16. The number of anilines is 1. The van der Waals surface area contributed by atoms with Crippen molar-refractivity contribution in [1.82, 2.24) is 0 Å². The monoisotopic (exact) mass is 175 g/mol. The summed E-state index contributed by atoms with van der Waals surface area (Å²) in [5, 5.41) is 0. The summed E-state index contributed by atoms with van der Waals surface area (Å²) in [7, 11) is 7.48. The van der Waals surface area contributed by atoms with E-state index in [4.69, 9.17) is 7.98 Å². The number of para-hydroxylation sites is 1. The van der Waals surface area contributed by atoms with Crippen LogP contribution in [0.1, 0.15) is 26.3 Å². The first-order chi connectivity index (χ1) is 6.25. The summed E-state index contributed by atoms with van der Waals surface area (Å²) in [6.45, 7) is 6.13. The summed E-state index contributed by atoms with van der Waals surface area (Å²) in [4.78, 5) is 1.65. The first-order valence-corrected chi connectivity index (χ1v) is 4.82. The molecule has 0 amide bonds. The van der Waals surface area contributed by atoms with Crippen LogP contribution in [0.4, 0.5) is 5.69 Å². The van der Waals surface area contributed by atoms with Gasteiger partial charge in [-0.2, -0.15) is 0 Å². The van der Waals surface area contributed by atoms with Crippen LogP contribution in [0.15, 0.2) is 24.3 Å². The van der Waals surface area contributed by atoms with Crippen LogP contribution in [0.5, 0.6) is 0 Å². The Balaban J connectivity index is 0.000000671.